The van der Waals surface area contributed by atoms with E-state index in [1.54, 1.807) is 7.11 Å². The van der Waals surface area contributed by atoms with Crippen molar-refractivity contribution >= 4 is 0 Å². The van der Waals surface area contributed by atoms with E-state index in [0.29, 0.717) is 19.1 Å². The van der Waals surface area contributed by atoms with Crippen molar-refractivity contribution in [1.29, 1.82) is 0 Å². The second kappa shape index (κ2) is 5.57. The van der Waals surface area contributed by atoms with Gasteiger partial charge in [0.1, 0.15) is 5.75 Å². The normalized spacial score (nSPS) is 23.1. The standard InChI is InChI=1S/C12H15N3O2/c1-16-12-5-3-2-4-11(12)9-6-10(17-8-9)7-14-15-13/h2-5,9-10H,6-8H2,1H3/t9-,10-/m0/s1. The van der Waals surface area contributed by atoms with Gasteiger partial charge in [-0.05, 0) is 23.6 Å². The molecule has 17 heavy (non-hydrogen) atoms. The fourth-order valence-corrected chi connectivity index (χ4v) is 2.18. The zero-order chi connectivity index (χ0) is 12.1. The number of benzene rings is 1. The molecule has 0 aliphatic carbocycles. The molecule has 1 aliphatic heterocycles. The van der Waals surface area contributed by atoms with E-state index in [4.69, 9.17) is 15.0 Å². The third kappa shape index (κ3) is 2.70. The van der Waals surface area contributed by atoms with E-state index in [1.807, 2.05) is 18.2 Å². The fourth-order valence-electron chi connectivity index (χ4n) is 2.18. The zero-order valence-electron chi connectivity index (χ0n) is 9.74. The molecule has 0 bridgehead atoms. The van der Waals surface area contributed by atoms with Crippen LogP contribution in [0.5, 0.6) is 5.75 Å². The van der Waals surface area contributed by atoms with Crippen LogP contribution in [0, 0.1) is 0 Å². The van der Waals surface area contributed by atoms with E-state index in [9.17, 15) is 0 Å². The predicted octanol–water partition coefficient (Wildman–Crippen LogP) is 2.88. The van der Waals surface area contributed by atoms with Crippen LogP contribution in [0.15, 0.2) is 29.4 Å². The Morgan fingerprint density at radius 2 is 2.35 bits per heavy atom. The van der Waals surface area contributed by atoms with E-state index < -0.39 is 0 Å². The van der Waals surface area contributed by atoms with Crippen LogP contribution in [0.1, 0.15) is 17.9 Å². The van der Waals surface area contributed by atoms with Gasteiger partial charge in [-0.25, -0.2) is 0 Å². The molecular weight excluding hydrogens is 218 g/mol. The van der Waals surface area contributed by atoms with Gasteiger partial charge in [0.15, 0.2) is 0 Å². The van der Waals surface area contributed by atoms with Crippen LogP contribution < -0.4 is 4.74 Å². The molecule has 5 nitrogen and oxygen atoms in total. The Labute approximate surface area is 100.0 Å². The first-order valence-electron chi connectivity index (χ1n) is 5.60. The molecule has 0 unspecified atom stereocenters. The summed E-state index contributed by atoms with van der Waals surface area (Å²) in [5.41, 5.74) is 9.44. The van der Waals surface area contributed by atoms with E-state index in [2.05, 4.69) is 16.1 Å². The van der Waals surface area contributed by atoms with Crippen molar-refractivity contribution in [3.8, 4) is 5.75 Å². The number of hydrogen-bond donors (Lipinski definition) is 0. The molecule has 90 valence electrons. The maximum absolute atomic E-state index is 8.27. The number of rotatable bonds is 4. The second-order valence-corrected chi connectivity index (χ2v) is 4.04. The minimum atomic E-state index is 0.0285. The Balaban J connectivity index is 2.06. The van der Waals surface area contributed by atoms with Crippen molar-refractivity contribution in [3.63, 3.8) is 0 Å². The largest absolute Gasteiger partial charge is 0.496 e. The molecule has 0 amide bonds. The second-order valence-electron chi connectivity index (χ2n) is 4.04. The third-order valence-corrected chi connectivity index (χ3v) is 3.01. The molecule has 1 aromatic rings. The molecule has 0 aromatic heterocycles. The number of hydrogen-bond acceptors (Lipinski definition) is 3. The highest BCUT2D eigenvalue weighted by atomic mass is 16.5. The van der Waals surface area contributed by atoms with Gasteiger partial charge < -0.3 is 9.47 Å². The van der Waals surface area contributed by atoms with Crippen LogP contribution in [0.4, 0.5) is 0 Å². The van der Waals surface area contributed by atoms with Crippen LogP contribution in [0.3, 0.4) is 0 Å². The molecule has 1 heterocycles. The Hall–Kier alpha value is -1.71. The summed E-state index contributed by atoms with van der Waals surface area (Å²) in [6, 6.07) is 7.97. The monoisotopic (exact) mass is 233 g/mol. The number of ether oxygens (including phenoxy) is 2. The Kier molecular flexibility index (Phi) is 3.85. The lowest BCUT2D eigenvalue weighted by molar-refractivity contribution is 0.115. The Morgan fingerprint density at radius 3 is 3.12 bits per heavy atom. The first-order chi connectivity index (χ1) is 8.35. The first-order valence-corrected chi connectivity index (χ1v) is 5.60. The van der Waals surface area contributed by atoms with E-state index >= 15 is 0 Å². The third-order valence-electron chi connectivity index (χ3n) is 3.01. The lowest BCUT2D eigenvalue weighted by atomic mass is 9.95. The molecule has 1 aliphatic rings. The van der Waals surface area contributed by atoms with Crippen LogP contribution >= 0.6 is 0 Å². The summed E-state index contributed by atoms with van der Waals surface area (Å²) in [5, 5.41) is 3.55. The minimum absolute atomic E-state index is 0.0285. The highest BCUT2D eigenvalue weighted by Gasteiger charge is 2.27. The highest BCUT2D eigenvalue weighted by Crippen LogP contribution is 2.34. The summed E-state index contributed by atoms with van der Waals surface area (Å²) >= 11 is 0. The van der Waals surface area contributed by atoms with E-state index in [1.165, 1.54) is 5.56 Å². The van der Waals surface area contributed by atoms with Gasteiger partial charge in [0.25, 0.3) is 0 Å². The smallest absolute Gasteiger partial charge is 0.122 e. The van der Waals surface area contributed by atoms with Crippen LogP contribution in [-0.2, 0) is 4.74 Å². The molecule has 0 spiro atoms. The van der Waals surface area contributed by atoms with Gasteiger partial charge in [-0.3, -0.25) is 0 Å². The topological polar surface area (TPSA) is 67.2 Å². The van der Waals surface area contributed by atoms with Gasteiger partial charge >= 0.3 is 0 Å². The molecule has 0 N–H and O–H groups in total. The predicted molar refractivity (Wildman–Crippen MR) is 64.1 cm³/mol. The zero-order valence-corrected chi connectivity index (χ0v) is 9.74. The average Bonchev–Trinajstić information content (AvgIpc) is 2.85. The van der Waals surface area contributed by atoms with Gasteiger partial charge in [0.05, 0.1) is 26.4 Å². The maximum Gasteiger partial charge on any atom is 0.122 e. The van der Waals surface area contributed by atoms with E-state index in [-0.39, 0.29) is 6.10 Å². The number of azide groups is 1. The van der Waals surface area contributed by atoms with Gasteiger partial charge in [0.2, 0.25) is 0 Å². The summed E-state index contributed by atoms with van der Waals surface area (Å²) in [7, 11) is 1.67. The summed E-state index contributed by atoms with van der Waals surface area (Å²) in [6.45, 7) is 1.06. The summed E-state index contributed by atoms with van der Waals surface area (Å²) in [4.78, 5) is 2.75. The van der Waals surface area contributed by atoms with Crippen LogP contribution in [0.2, 0.25) is 0 Å². The molecular formula is C12H15N3O2. The summed E-state index contributed by atoms with van der Waals surface area (Å²) in [6.07, 6.45) is 0.903. The van der Waals surface area contributed by atoms with Crippen molar-refractivity contribution in [2.75, 3.05) is 20.3 Å². The van der Waals surface area contributed by atoms with Gasteiger partial charge in [0, 0.05) is 10.8 Å². The molecule has 2 atom stereocenters. The molecule has 1 aromatic carbocycles. The summed E-state index contributed by atoms with van der Waals surface area (Å²) in [5.74, 6) is 1.22. The molecule has 0 radical (unpaired) electrons. The number of para-hydroxylation sites is 1. The van der Waals surface area contributed by atoms with Crippen molar-refractivity contribution in [1.82, 2.24) is 0 Å². The van der Waals surface area contributed by atoms with Crippen LogP contribution in [-0.4, -0.2) is 26.4 Å². The maximum atomic E-state index is 8.27. The van der Waals surface area contributed by atoms with Crippen molar-refractivity contribution in [2.24, 2.45) is 5.11 Å². The van der Waals surface area contributed by atoms with Crippen molar-refractivity contribution in [2.45, 2.75) is 18.4 Å². The van der Waals surface area contributed by atoms with Gasteiger partial charge in [-0.2, -0.15) is 0 Å². The lowest BCUT2D eigenvalue weighted by Crippen LogP contribution is -2.08. The van der Waals surface area contributed by atoms with Gasteiger partial charge in [-0.15, -0.1) is 0 Å². The molecule has 1 fully saturated rings. The Morgan fingerprint density at radius 1 is 1.53 bits per heavy atom. The average molecular weight is 233 g/mol. The quantitative estimate of drug-likeness (QED) is 0.456. The molecule has 2 rings (SSSR count). The molecule has 0 saturated carbocycles. The van der Waals surface area contributed by atoms with E-state index in [0.717, 1.165) is 12.2 Å². The Bertz CT molecular complexity index is 430. The highest BCUT2D eigenvalue weighted by molar-refractivity contribution is 5.36. The number of methoxy groups -OCH3 is 1. The first kappa shape index (κ1) is 11.8. The van der Waals surface area contributed by atoms with Crippen molar-refractivity contribution in [3.05, 3.63) is 40.3 Å². The fraction of sp³-hybridized carbons (Fsp3) is 0.500. The van der Waals surface area contributed by atoms with Crippen molar-refractivity contribution < 1.29 is 9.47 Å². The minimum Gasteiger partial charge on any atom is -0.496 e. The van der Waals surface area contributed by atoms with Gasteiger partial charge in [-0.1, -0.05) is 23.3 Å². The number of nitrogens with zero attached hydrogens (tertiary/aromatic N) is 3. The SMILES string of the molecule is COc1ccccc1[C@@H]1CO[C@H](CN=[N+]=[N-])C1. The van der Waals surface area contributed by atoms with Crippen LogP contribution in [0.25, 0.3) is 10.4 Å². The molecule has 1 saturated heterocycles. The summed E-state index contributed by atoms with van der Waals surface area (Å²) < 4.78 is 10.9. The molecule has 5 heteroatoms. The lowest BCUT2D eigenvalue weighted by Gasteiger charge is -2.12.